The zero-order valence-corrected chi connectivity index (χ0v) is 20.4. The number of aryl methyl sites for hydroxylation is 2. The predicted molar refractivity (Wildman–Crippen MR) is 134 cm³/mol. The van der Waals surface area contributed by atoms with Crippen LogP contribution in [-0.4, -0.2) is 26.7 Å². The van der Waals surface area contributed by atoms with E-state index in [0.717, 1.165) is 22.4 Å². The van der Waals surface area contributed by atoms with Gasteiger partial charge in [0, 0.05) is 11.3 Å². The molecule has 0 saturated carbocycles. The number of para-hydroxylation sites is 1. The highest BCUT2D eigenvalue weighted by atomic mass is 32.2. The van der Waals surface area contributed by atoms with Crippen LogP contribution in [-0.2, 0) is 16.6 Å². The van der Waals surface area contributed by atoms with Gasteiger partial charge >= 0.3 is 0 Å². The van der Waals surface area contributed by atoms with Crippen molar-refractivity contribution in [2.24, 2.45) is 0 Å². The van der Waals surface area contributed by atoms with Gasteiger partial charge in [0.1, 0.15) is 5.75 Å². The van der Waals surface area contributed by atoms with Crippen LogP contribution in [0.1, 0.15) is 40.9 Å². The predicted octanol–water partition coefficient (Wildman–Crippen LogP) is 5.31. The first-order valence-electron chi connectivity index (χ1n) is 10.8. The molecule has 0 aromatic heterocycles. The number of rotatable bonds is 8. The van der Waals surface area contributed by atoms with Crippen LogP contribution >= 0.6 is 0 Å². The van der Waals surface area contributed by atoms with Crippen LogP contribution < -0.4 is 14.4 Å². The number of hydrogen-bond donors (Lipinski definition) is 1. The van der Waals surface area contributed by atoms with Crippen molar-refractivity contribution in [1.82, 2.24) is 0 Å². The van der Waals surface area contributed by atoms with Crippen LogP contribution in [0.4, 0.5) is 11.4 Å². The van der Waals surface area contributed by atoms with E-state index in [0.29, 0.717) is 16.9 Å². The molecule has 3 aromatic carbocycles. The van der Waals surface area contributed by atoms with E-state index in [1.807, 2.05) is 58.0 Å². The molecule has 0 bridgehead atoms. The molecule has 1 N–H and O–H groups in total. The molecule has 0 radical (unpaired) electrons. The molecule has 0 unspecified atom stereocenters. The third-order valence-electron chi connectivity index (χ3n) is 5.12. The second-order valence-electron chi connectivity index (χ2n) is 8.35. The Morgan fingerprint density at radius 1 is 0.939 bits per heavy atom. The van der Waals surface area contributed by atoms with Crippen LogP contribution in [0.15, 0.2) is 66.7 Å². The average molecular weight is 467 g/mol. The average Bonchev–Trinajstić information content (AvgIpc) is 2.73. The standard InChI is InChI=1S/C26H30N2O4S/c1-18(2)32-24-15-13-23(14-16-24)27-26(29)22-11-9-21(10-12-22)17-28(33(5,30)31)25-19(3)7-6-8-20(25)4/h6-16,18H,17H2,1-5H3,(H,27,29). The molecule has 0 fully saturated rings. The number of anilines is 2. The first-order chi connectivity index (χ1) is 15.5. The topological polar surface area (TPSA) is 75.7 Å². The smallest absolute Gasteiger partial charge is 0.255 e. The Labute approximate surface area is 196 Å². The monoisotopic (exact) mass is 466 g/mol. The highest BCUT2D eigenvalue weighted by Gasteiger charge is 2.21. The lowest BCUT2D eigenvalue weighted by Gasteiger charge is -2.26. The van der Waals surface area contributed by atoms with Gasteiger partial charge in [-0.05, 0) is 80.8 Å². The van der Waals surface area contributed by atoms with E-state index in [-0.39, 0.29) is 18.6 Å². The molecular weight excluding hydrogens is 436 g/mol. The van der Waals surface area contributed by atoms with Crippen molar-refractivity contribution in [1.29, 1.82) is 0 Å². The first-order valence-corrected chi connectivity index (χ1v) is 12.6. The summed E-state index contributed by atoms with van der Waals surface area (Å²) in [6, 6.07) is 19.9. The zero-order valence-electron chi connectivity index (χ0n) is 19.6. The molecule has 0 atom stereocenters. The van der Waals surface area contributed by atoms with E-state index in [2.05, 4.69) is 5.32 Å². The van der Waals surface area contributed by atoms with Crippen LogP contribution in [0.25, 0.3) is 0 Å². The number of hydrogen-bond acceptors (Lipinski definition) is 4. The lowest BCUT2D eigenvalue weighted by atomic mass is 10.1. The molecule has 3 aromatic rings. The fraction of sp³-hybridized carbons (Fsp3) is 0.269. The number of benzene rings is 3. The third kappa shape index (κ3) is 6.35. The SMILES string of the molecule is Cc1cccc(C)c1N(Cc1ccc(C(=O)Nc2ccc(OC(C)C)cc2)cc1)S(C)(=O)=O. The maximum Gasteiger partial charge on any atom is 0.255 e. The summed E-state index contributed by atoms with van der Waals surface area (Å²) in [6.07, 6.45) is 1.29. The summed E-state index contributed by atoms with van der Waals surface area (Å²) >= 11 is 0. The fourth-order valence-electron chi connectivity index (χ4n) is 3.58. The van der Waals surface area contributed by atoms with Gasteiger partial charge in [-0.3, -0.25) is 9.10 Å². The lowest BCUT2D eigenvalue weighted by Crippen LogP contribution is -2.30. The largest absolute Gasteiger partial charge is 0.491 e. The van der Waals surface area contributed by atoms with Gasteiger partial charge in [-0.1, -0.05) is 30.3 Å². The van der Waals surface area contributed by atoms with Gasteiger partial charge in [-0.2, -0.15) is 0 Å². The lowest BCUT2D eigenvalue weighted by molar-refractivity contribution is 0.102. The molecule has 7 heteroatoms. The Balaban J connectivity index is 1.74. The van der Waals surface area contributed by atoms with Gasteiger partial charge in [0.15, 0.2) is 0 Å². The summed E-state index contributed by atoms with van der Waals surface area (Å²) in [6.45, 7) is 7.89. The third-order valence-corrected chi connectivity index (χ3v) is 6.23. The second kappa shape index (κ2) is 10.1. The molecule has 0 aliphatic rings. The molecule has 0 aliphatic heterocycles. The van der Waals surface area contributed by atoms with E-state index >= 15 is 0 Å². The number of nitrogens with one attached hydrogen (secondary N) is 1. The van der Waals surface area contributed by atoms with E-state index in [1.165, 1.54) is 10.6 Å². The van der Waals surface area contributed by atoms with Gasteiger partial charge in [0.2, 0.25) is 10.0 Å². The number of carbonyl (C=O) groups excluding carboxylic acids is 1. The van der Waals surface area contributed by atoms with Crippen molar-refractivity contribution in [3.8, 4) is 5.75 Å². The zero-order chi connectivity index (χ0) is 24.2. The number of amides is 1. The number of ether oxygens (including phenoxy) is 1. The minimum Gasteiger partial charge on any atom is -0.491 e. The number of sulfonamides is 1. The maximum atomic E-state index is 12.6. The Morgan fingerprint density at radius 2 is 1.52 bits per heavy atom. The van der Waals surface area contributed by atoms with Crippen LogP contribution in [0, 0.1) is 13.8 Å². The quantitative estimate of drug-likeness (QED) is 0.488. The molecule has 0 heterocycles. The fourth-order valence-corrected chi connectivity index (χ4v) is 4.58. The van der Waals surface area contributed by atoms with Crippen LogP contribution in [0.2, 0.25) is 0 Å². The molecule has 33 heavy (non-hydrogen) atoms. The van der Waals surface area contributed by atoms with Gasteiger partial charge < -0.3 is 10.1 Å². The molecule has 1 amide bonds. The van der Waals surface area contributed by atoms with E-state index in [9.17, 15) is 13.2 Å². The van der Waals surface area contributed by atoms with Crippen molar-refractivity contribution in [2.45, 2.75) is 40.3 Å². The summed E-state index contributed by atoms with van der Waals surface area (Å²) in [5.74, 6) is 0.500. The summed E-state index contributed by atoms with van der Waals surface area (Å²) in [5, 5.41) is 2.86. The molecular formula is C26H30N2O4S. The Kier molecular flexibility index (Phi) is 7.43. The molecule has 6 nitrogen and oxygen atoms in total. The Morgan fingerprint density at radius 3 is 2.03 bits per heavy atom. The van der Waals surface area contributed by atoms with E-state index in [4.69, 9.17) is 4.74 Å². The number of nitrogens with zero attached hydrogens (tertiary/aromatic N) is 1. The van der Waals surface area contributed by atoms with E-state index < -0.39 is 10.0 Å². The van der Waals surface area contributed by atoms with Crippen molar-refractivity contribution in [3.05, 3.63) is 89.0 Å². The normalized spacial score (nSPS) is 11.3. The van der Waals surface area contributed by atoms with Gasteiger partial charge in [-0.25, -0.2) is 8.42 Å². The van der Waals surface area contributed by atoms with Crippen molar-refractivity contribution in [3.63, 3.8) is 0 Å². The molecule has 0 spiro atoms. The molecule has 174 valence electrons. The summed E-state index contributed by atoms with van der Waals surface area (Å²) in [5.41, 5.74) is 4.40. The molecule has 0 saturated heterocycles. The highest BCUT2D eigenvalue weighted by molar-refractivity contribution is 7.92. The van der Waals surface area contributed by atoms with Gasteiger partial charge in [0.05, 0.1) is 24.6 Å². The summed E-state index contributed by atoms with van der Waals surface area (Å²) in [4.78, 5) is 12.6. The van der Waals surface area contributed by atoms with E-state index in [1.54, 1.807) is 36.4 Å². The van der Waals surface area contributed by atoms with Crippen LogP contribution in [0.5, 0.6) is 5.75 Å². The van der Waals surface area contributed by atoms with Crippen molar-refractivity contribution in [2.75, 3.05) is 15.9 Å². The Hall–Kier alpha value is -3.32. The second-order valence-corrected chi connectivity index (χ2v) is 10.3. The summed E-state index contributed by atoms with van der Waals surface area (Å²) < 4.78 is 32.1. The molecule has 0 aliphatic carbocycles. The highest BCUT2D eigenvalue weighted by Crippen LogP contribution is 2.28. The van der Waals surface area contributed by atoms with Crippen molar-refractivity contribution >= 4 is 27.3 Å². The first kappa shape index (κ1) is 24.3. The molecule has 3 rings (SSSR count). The minimum atomic E-state index is -3.50. The number of carbonyl (C=O) groups is 1. The minimum absolute atomic E-state index is 0.0808. The van der Waals surface area contributed by atoms with Gasteiger partial charge in [-0.15, -0.1) is 0 Å². The Bertz CT molecular complexity index is 1200. The van der Waals surface area contributed by atoms with Crippen molar-refractivity contribution < 1.29 is 17.9 Å². The maximum absolute atomic E-state index is 12.6. The summed E-state index contributed by atoms with van der Waals surface area (Å²) in [7, 11) is -3.50. The van der Waals surface area contributed by atoms with Gasteiger partial charge in [0.25, 0.3) is 5.91 Å². The van der Waals surface area contributed by atoms with Crippen LogP contribution in [0.3, 0.4) is 0 Å².